The van der Waals surface area contributed by atoms with Gasteiger partial charge in [0, 0.05) is 20.2 Å². The first-order chi connectivity index (χ1) is 9.27. The van der Waals surface area contributed by atoms with E-state index >= 15 is 0 Å². The number of nitrogens with zero attached hydrogens (tertiary/aromatic N) is 3. The number of halogens is 1. The Kier molecular flexibility index (Phi) is 5.78. The lowest BCUT2D eigenvalue weighted by molar-refractivity contribution is 0.0546. The van der Waals surface area contributed by atoms with Crippen molar-refractivity contribution in [3.8, 4) is 0 Å². The van der Waals surface area contributed by atoms with E-state index in [1.54, 1.807) is 4.90 Å². The highest BCUT2D eigenvalue weighted by molar-refractivity contribution is 7.89. The first-order valence-corrected chi connectivity index (χ1v) is 7.55. The van der Waals surface area contributed by atoms with E-state index < -0.39 is 21.1 Å². The number of rotatable bonds is 3. The second-order valence-electron chi connectivity index (χ2n) is 4.51. The molecule has 0 saturated carbocycles. The minimum Gasteiger partial charge on any atom is -0.380 e. The van der Waals surface area contributed by atoms with E-state index in [0.29, 0.717) is 13.0 Å². The van der Waals surface area contributed by atoms with Gasteiger partial charge in [-0.15, -0.1) is 0 Å². The van der Waals surface area contributed by atoms with Crippen LogP contribution >= 0.6 is 0 Å². The van der Waals surface area contributed by atoms with Crippen molar-refractivity contribution in [1.29, 1.82) is 0 Å². The maximum Gasteiger partial charge on any atom is 0.224 e. The Morgan fingerprint density at radius 1 is 1.55 bits per heavy atom. The van der Waals surface area contributed by atoms with Crippen LogP contribution in [-0.4, -0.2) is 57.5 Å². The van der Waals surface area contributed by atoms with Gasteiger partial charge in [0.25, 0.3) is 0 Å². The minimum absolute atomic E-state index is 0.121. The standard InChI is InChI=1S/C11H19FN4O3S/c1-8(12)5-15-11(14-2)16-6-9(19-3)4-10(7-16)20(13,17)18/h5,9-10H,2,4,6-7H2,1,3H3,(H2,13,17,18)/b8-5+,15-11?/t9-,10+/m0/s1. The van der Waals surface area contributed by atoms with E-state index in [9.17, 15) is 12.8 Å². The number of methoxy groups -OCH3 is 1. The van der Waals surface area contributed by atoms with Crippen LogP contribution in [0.4, 0.5) is 4.39 Å². The summed E-state index contributed by atoms with van der Waals surface area (Å²) in [6.07, 6.45) is 0.968. The maximum absolute atomic E-state index is 12.7. The number of aliphatic imine (C=N–C) groups is 2. The van der Waals surface area contributed by atoms with Gasteiger partial charge in [-0.25, -0.2) is 27.9 Å². The number of hydrogen-bond donors (Lipinski definition) is 1. The smallest absolute Gasteiger partial charge is 0.224 e. The zero-order chi connectivity index (χ0) is 15.3. The predicted molar refractivity (Wildman–Crippen MR) is 75.7 cm³/mol. The summed E-state index contributed by atoms with van der Waals surface area (Å²) < 4.78 is 40.9. The molecule has 114 valence electrons. The number of guanidine groups is 1. The number of sulfonamides is 1. The molecule has 0 radical (unpaired) electrons. The van der Waals surface area contributed by atoms with Gasteiger partial charge in [0.2, 0.25) is 16.0 Å². The summed E-state index contributed by atoms with van der Waals surface area (Å²) in [5.74, 6) is -0.355. The van der Waals surface area contributed by atoms with Gasteiger partial charge >= 0.3 is 0 Å². The average Bonchev–Trinajstić information content (AvgIpc) is 2.37. The van der Waals surface area contributed by atoms with Crippen molar-refractivity contribution >= 4 is 22.7 Å². The zero-order valence-electron chi connectivity index (χ0n) is 11.5. The van der Waals surface area contributed by atoms with Crippen molar-refractivity contribution in [3.05, 3.63) is 12.0 Å². The van der Waals surface area contributed by atoms with Crippen LogP contribution in [0.3, 0.4) is 0 Å². The third-order valence-electron chi connectivity index (χ3n) is 2.95. The summed E-state index contributed by atoms with van der Waals surface area (Å²) in [4.78, 5) is 9.10. The van der Waals surface area contributed by atoms with Crippen LogP contribution in [0.1, 0.15) is 13.3 Å². The summed E-state index contributed by atoms with van der Waals surface area (Å²) in [6.45, 7) is 5.11. The molecule has 2 atom stereocenters. The number of ether oxygens (including phenoxy) is 1. The molecular formula is C11H19FN4O3S. The zero-order valence-corrected chi connectivity index (χ0v) is 12.3. The van der Waals surface area contributed by atoms with Gasteiger partial charge in [-0.05, 0) is 20.1 Å². The molecule has 9 heteroatoms. The molecule has 0 amide bonds. The van der Waals surface area contributed by atoms with E-state index in [1.165, 1.54) is 14.0 Å². The Hall–Kier alpha value is -1.32. The minimum atomic E-state index is -3.70. The van der Waals surface area contributed by atoms with Crippen LogP contribution in [-0.2, 0) is 14.8 Å². The normalized spacial score (nSPS) is 25.7. The fraction of sp³-hybridized carbons (Fsp3) is 0.636. The molecule has 0 bridgehead atoms. The molecule has 7 nitrogen and oxygen atoms in total. The summed E-state index contributed by atoms with van der Waals surface area (Å²) in [7, 11) is -2.22. The lowest BCUT2D eigenvalue weighted by Gasteiger charge is -2.36. The van der Waals surface area contributed by atoms with Crippen LogP contribution in [0.15, 0.2) is 22.0 Å². The van der Waals surface area contributed by atoms with Gasteiger partial charge in [0.15, 0.2) is 0 Å². The Morgan fingerprint density at radius 2 is 2.20 bits per heavy atom. The third kappa shape index (κ3) is 4.66. The largest absolute Gasteiger partial charge is 0.380 e. The Morgan fingerprint density at radius 3 is 2.65 bits per heavy atom. The molecule has 1 fully saturated rings. The summed E-state index contributed by atoms with van der Waals surface area (Å²) >= 11 is 0. The SMILES string of the molecule is C=NC(=N/C=C(\C)F)N1C[C@@H](OC)C[C@@H](S(N)(=O)=O)C1. The molecule has 1 aliphatic heterocycles. The lowest BCUT2D eigenvalue weighted by atomic mass is 10.1. The summed E-state index contributed by atoms with van der Waals surface area (Å²) in [5, 5.41) is 4.40. The van der Waals surface area contributed by atoms with Gasteiger partial charge in [-0.2, -0.15) is 0 Å². The number of piperidine rings is 1. The number of primary sulfonamides is 1. The molecule has 20 heavy (non-hydrogen) atoms. The van der Waals surface area contributed by atoms with Crippen molar-refractivity contribution < 1.29 is 17.5 Å². The van der Waals surface area contributed by atoms with Gasteiger partial charge in [0.1, 0.15) is 5.83 Å². The molecule has 1 heterocycles. The molecule has 1 rings (SSSR count). The molecule has 1 saturated heterocycles. The highest BCUT2D eigenvalue weighted by Gasteiger charge is 2.34. The topological polar surface area (TPSA) is 97.3 Å². The van der Waals surface area contributed by atoms with Crippen molar-refractivity contribution in [2.24, 2.45) is 15.1 Å². The van der Waals surface area contributed by atoms with Crippen molar-refractivity contribution in [2.75, 3.05) is 20.2 Å². The Balaban J connectivity index is 3.00. The molecule has 0 aromatic heterocycles. The van der Waals surface area contributed by atoms with Crippen LogP contribution in [0, 0.1) is 0 Å². The number of allylic oxidation sites excluding steroid dienone is 1. The number of nitrogens with two attached hydrogens (primary N) is 1. The van der Waals surface area contributed by atoms with E-state index in [-0.39, 0.29) is 18.6 Å². The predicted octanol–water partition coefficient (Wildman–Crippen LogP) is 0.252. The van der Waals surface area contributed by atoms with Crippen LogP contribution in [0.2, 0.25) is 0 Å². The first-order valence-electron chi connectivity index (χ1n) is 5.94. The fourth-order valence-electron chi connectivity index (χ4n) is 1.95. The second kappa shape index (κ2) is 6.91. The Bertz CT molecular complexity index is 514. The summed E-state index contributed by atoms with van der Waals surface area (Å²) in [6, 6.07) is 0. The third-order valence-corrected chi connectivity index (χ3v) is 4.22. The van der Waals surface area contributed by atoms with Gasteiger partial charge in [-0.3, -0.25) is 0 Å². The van der Waals surface area contributed by atoms with Gasteiger partial charge in [-0.1, -0.05) is 0 Å². The molecule has 0 aromatic carbocycles. The first kappa shape index (κ1) is 16.7. The molecule has 2 N–H and O–H groups in total. The van der Waals surface area contributed by atoms with Crippen molar-refractivity contribution in [2.45, 2.75) is 24.7 Å². The molecular weight excluding hydrogens is 287 g/mol. The van der Waals surface area contributed by atoms with Crippen molar-refractivity contribution in [3.63, 3.8) is 0 Å². The Labute approximate surface area is 118 Å². The van der Waals surface area contributed by atoms with Crippen LogP contribution in [0.25, 0.3) is 0 Å². The van der Waals surface area contributed by atoms with Crippen LogP contribution < -0.4 is 5.14 Å². The maximum atomic E-state index is 12.7. The van der Waals surface area contributed by atoms with Crippen LogP contribution in [0.5, 0.6) is 0 Å². The molecule has 1 aliphatic rings. The number of likely N-dealkylation sites (tertiary alicyclic amines) is 1. The monoisotopic (exact) mass is 306 g/mol. The molecule has 0 unspecified atom stereocenters. The van der Waals surface area contributed by atoms with E-state index in [2.05, 4.69) is 16.7 Å². The molecule has 0 aliphatic carbocycles. The van der Waals surface area contributed by atoms with E-state index in [1.807, 2.05) is 0 Å². The fourth-order valence-corrected chi connectivity index (χ4v) is 2.82. The van der Waals surface area contributed by atoms with E-state index in [4.69, 9.17) is 9.88 Å². The number of hydrogen-bond acceptors (Lipinski definition) is 4. The van der Waals surface area contributed by atoms with Crippen molar-refractivity contribution in [1.82, 2.24) is 4.90 Å². The second-order valence-corrected chi connectivity index (χ2v) is 6.36. The lowest BCUT2D eigenvalue weighted by Crippen LogP contribution is -2.52. The molecule has 0 aromatic rings. The quantitative estimate of drug-likeness (QED) is 0.597. The highest BCUT2D eigenvalue weighted by Crippen LogP contribution is 2.18. The highest BCUT2D eigenvalue weighted by atomic mass is 32.2. The van der Waals surface area contributed by atoms with E-state index in [0.717, 1.165) is 6.20 Å². The molecule has 0 spiro atoms. The van der Waals surface area contributed by atoms with Gasteiger partial charge in [0.05, 0.1) is 17.6 Å². The van der Waals surface area contributed by atoms with Gasteiger partial charge < -0.3 is 9.64 Å². The summed E-state index contributed by atoms with van der Waals surface area (Å²) in [5.41, 5.74) is 0. The average molecular weight is 306 g/mol.